The van der Waals surface area contributed by atoms with E-state index in [2.05, 4.69) is 0 Å². The molecule has 0 fully saturated rings. The van der Waals surface area contributed by atoms with Gasteiger partial charge >= 0.3 is 11.9 Å². The number of unbranched alkanes of at least 4 members (excludes halogenated alkanes) is 11. The molecule has 0 aliphatic rings. The van der Waals surface area contributed by atoms with Crippen LogP contribution in [0.3, 0.4) is 0 Å². The predicted octanol–water partition coefficient (Wildman–Crippen LogP) is 4.51. The summed E-state index contributed by atoms with van der Waals surface area (Å²) in [6, 6.07) is 0. The van der Waals surface area contributed by atoms with Crippen molar-refractivity contribution in [3.63, 3.8) is 0 Å². The summed E-state index contributed by atoms with van der Waals surface area (Å²) in [6.45, 7) is 0. The second kappa shape index (κ2) is 18.2. The van der Waals surface area contributed by atoms with Gasteiger partial charge in [-0.05, 0) is 25.7 Å². The van der Waals surface area contributed by atoms with Crippen molar-refractivity contribution < 1.29 is 30.0 Å². The first-order valence-electron chi connectivity index (χ1n) is 10.7. The van der Waals surface area contributed by atoms with E-state index >= 15 is 0 Å². The smallest absolute Gasteiger partial charge is 0.303 e. The lowest BCUT2D eigenvalue weighted by Crippen LogP contribution is -2.25. The van der Waals surface area contributed by atoms with Crippen molar-refractivity contribution in [2.75, 3.05) is 0 Å². The minimum absolute atomic E-state index is 0.228. The summed E-state index contributed by atoms with van der Waals surface area (Å²) in [5.74, 6) is -1.46. The molecule has 0 amide bonds. The highest BCUT2D eigenvalue weighted by atomic mass is 16.4. The number of carbonyl (C=O) groups is 2. The van der Waals surface area contributed by atoms with Crippen molar-refractivity contribution in [2.24, 2.45) is 0 Å². The fraction of sp³-hybridized carbons (Fsp3) is 0.905. The molecule has 0 aliphatic carbocycles. The molecule has 0 radical (unpaired) electrons. The van der Waals surface area contributed by atoms with Gasteiger partial charge in [-0.3, -0.25) is 9.59 Å². The third-order valence-electron chi connectivity index (χ3n) is 4.98. The van der Waals surface area contributed by atoms with Crippen LogP contribution in [0, 0.1) is 0 Å². The number of carboxylic acids is 2. The lowest BCUT2D eigenvalue weighted by atomic mass is 9.99. The highest BCUT2D eigenvalue weighted by Crippen LogP contribution is 2.15. The van der Waals surface area contributed by atoms with E-state index in [1.807, 2.05) is 0 Å². The molecule has 0 spiro atoms. The van der Waals surface area contributed by atoms with Gasteiger partial charge in [-0.1, -0.05) is 70.6 Å². The second-order valence-corrected chi connectivity index (χ2v) is 7.60. The van der Waals surface area contributed by atoms with Gasteiger partial charge in [-0.15, -0.1) is 0 Å². The number of aliphatic hydroxyl groups excluding tert-OH is 2. The topological polar surface area (TPSA) is 115 Å². The van der Waals surface area contributed by atoms with Crippen molar-refractivity contribution in [2.45, 2.75) is 121 Å². The molecule has 0 heterocycles. The SMILES string of the molecule is O=C(O)CCCCCCCCCCC(O)C(O)CCCCCCCC(=O)O. The molecule has 4 N–H and O–H groups in total. The van der Waals surface area contributed by atoms with Gasteiger partial charge in [-0.2, -0.15) is 0 Å². The van der Waals surface area contributed by atoms with Gasteiger partial charge in [0.15, 0.2) is 0 Å². The Labute approximate surface area is 164 Å². The first kappa shape index (κ1) is 25.9. The Bertz CT molecular complexity index is 372. The minimum Gasteiger partial charge on any atom is -0.481 e. The highest BCUT2D eigenvalue weighted by Gasteiger charge is 2.15. The van der Waals surface area contributed by atoms with Crippen LogP contribution in [0.5, 0.6) is 0 Å². The molecule has 2 atom stereocenters. The van der Waals surface area contributed by atoms with Crippen molar-refractivity contribution in [1.82, 2.24) is 0 Å². The van der Waals surface area contributed by atoms with Crippen molar-refractivity contribution in [3.05, 3.63) is 0 Å². The van der Waals surface area contributed by atoms with Crippen LogP contribution in [0.25, 0.3) is 0 Å². The number of hydrogen-bond donors (Lipinski definition) is 4. The monoisotopic (exact) mass is 388 g/mol. The van der Waals surface area contributed by atoms with E-state index in [0.717, 1.165) is 77.0 Å². The first-order valence-corrected chi connectivity index (χ1v) is 10.7. The molecule has 6 heteroatoms. The number of rotatable bonds is 20. The Hall–Kier alpha value is -1.14. The van der Waals surface area contributed by atoms with Crippen LogP contribution >= 0.6 is 0 Å². The maximum absolute atomic E-state index is 10.4. The number of aliphatic hydroxyl groups is 2. The summed E-state index contributed by atoms with van der Waals surface area (Å²) in [7, 11) is 0. The van der Waals surface area contributed by atoms with Crippen LogP contribution in [0.15, 0.2) is 0 Å². The lowest BCUT2D eigenvalue weighted by molar-refractivity contribution is -0.138. The molecule has 0 bridgehead atoms. The van der Waals surface area contributed by atoms with E-state index in [1.165, 1.54) is 0 Å². The van der Waals surface area contributed by atoms with Crippen molar-refractivity contribution in [3.8, 4) is 0 Å². The molecule has 0 saturated heterocycles. The Balaban J connectivity index is 3.37. The van der Waals surface area contributed by atoms with Crippen LogP contribution in [0.1, 0.15) is 109 Å². The van der Waals surface area contributed by atoms with Gasteiger partial charge < -0.3 is 20.4 Å². The highest BCUT2D eigenvalue weighted by molar-refractivity contribution is 5.66. The minimum atomic E-state index is -0.746. The maximum Gasteiger partial charge on any atom is 0.303 e. The Kier molecular flexibility index (Phi) is 17.5. The number of hydrogen-bond acceptors (Lipinski definition) is 4. The predicted molar refractivity (Wildman–Crippen MR) is 106 cm³/mol. The normalized spacial score (nSPS) is 13.4. The Morgan fingerprint density at radius 2 is 0.741 bits per heavy atom. The molecular weight excluding hydrogens is 348 g/mol. The zero-order chi connectivity index (χ0) is 20.3. The summed E-state index contributed by atoms with van der Waals surface area (Å²) in [5, 5.41) is 37.1. The quantitative estimate of drug-likeness (QED) is 0.228. The van der Waals surface area contributed by atoms with Crippen molar-refractivity contribution in [1.29, 1.82) is 0 Å². The summed E-state index contributed by atoms with van der Waals surface area (Å²) >= 11 is 0. The van der Waals surface area contributed by atoms with Crippen LogP contribution in [-0.4, -0.2) is 44.6 Å². The van der Waals surface area contributed by atoms with Crippen LogP contribution in [0.4, 0.5) is 0 Å². The van der Waals surface area contributed by atoms with Crippen LogP contribution in [0.2, 0.25) is 0 Å². The molecule has 0 rings (SSSR count). The van der Waals surface area contributed by atoms with E-state index < -0.39 is 24.1 Å². The third-order valence-corrected chi connectivity index (χ3v) is 4.98. The standard InChI is InChI=1S/C21H40O6/c22-18(19(23)15-11-7-5-9-13-17-21(26)27)14-10-6-3-1-2-4-8-12-16-20(24)25/h18-19,22-23H,1-17H2,(H,24,25)(H,26,27). The summed E-state index contributed by atoms with van der Waals surface area (Å²) < 4.78 is 0. The molecule has 0 aromatic carbocycles. The summed E-state index contributed by atoms with van der Waals surface area (Å²) in [6.07, 6.45) is 13.1. The summed E-state index contributed by atoms with van der Waals surface area (Å²) in [5.41, 5.74) is 0. The lowest BCUT2D eigenvalue weighted by Gasteiger charge is -2.17. The van der Waals surface area contributed by atoms with Crippen molar-refractivity contribution >= 4 is 11.9 Å². The molecule has 6 nitrogen and oxygen atoms in total. The number of aliphatic carboxylic acids is 2. The third kappa shape index (κ3) is 19.4. The average Bonchev–Trinajstić information content (AvgIpc) is 2.61. The van der Waals surface area contributed by atoms with Gasteiger partial charge in [0, 0.05) is 12.8 Å². The summed E-state index contributed by atoms with van der Waals surface area (Å²) in [4.78, 5) is 20.8. The van der Waals surface area contributed by atoms with Gasteiger partial charge in [0.05, 0.1) is 12.2 Å². The number of carboxylic acid groups (broad SMARTS) is 2. The average molecular weight is 389 g/mol. The second-order valence-electron chi connectivity index (χ2n) is 7.60. The molecule has 0 aliphatic heterocycles. The largest absolute Gasteiger partial charge is 0.481 e. The van der Waals surface area contributed by atoms with E-state index in [9.17, 15) is 19.8 Å². The molecule has 0 aromatic heterocycles. The Morgan fingerprint density at radius 3 is 1.04 bits per heavy atom. The molecule has 2 unspecified atom stereocenters. The Morgan fingerprint density at radius 1 is 0.481 bits per heavy atom. The molecule has 160 valence electrons. The molecule has 0 saturated carbocycles. The maximum atomic E-state index is 10.4. The van der Waals surface area contributed by atoms with Gasteiger partial charge in [0.25, 0.3) is 0 Å². The van der Waals surface area contributed by atoms with Gasteiger partial charge in [0.1, 0.15) is 0 Å². The fourth-order valence-electron chi connectivity index (χ4n) is 3.24. The van der Waals surface area contributed by atoms with Gasteiger partial charge in [0.2, 0.25) is 0 Å². The van der Waals surface area contributed by atoms with Gasteiger partial charge in [-0.25, -0.2) is 0 Å². The molecular formula is C21H40O6. The molecule has 0 aromatic rings. The van der Waals surface area contributed by atoms with E-state index in [1.54, 1.807) is 0 Å². The fourth-order valence-corrected chi connectivity index (χ4v) is 3.24. The van der Waals surface area contributed by atoms with E-state index in [4.69, 9.17) is 10.2 Å². The van der Waals surface area contributed by atoms with Crippen LogP contribution in [-0.2, 0) is 9.59 Å². The van der Waals surface area contributed by atoms with E-state index in [0.29, 0.717) is 19.3 Å². The van der Waals surface area contributed by atoms with Crippen LogP contribution < -0.4 is 0 Å². The molecule has 27 heavy (non-hydrogen) atoms. The first-order chi connectivity index (χ1) is 12.9. The zero-order valence-electron chi connectivity index (χ0n) is 16.8. The van der Waals surface area contributed by atoms with E-state index in [-0.39, 0.29) is 12.8 Å². The zero-order valence-corrected chi connectivity index (χ0v) is 16.8.